The SMILES string of the molecule is CC(C)NCCCC(C)N1CCC2CCCCC21. The second-order valence-corrected chi connectivity index (χ2v) is 6.74. The molecule has 0 aromatic carbocycles. The second kappa shape index (κ2) is 6.91. The van der Waals surface area contributed by atoms with Gasteiger partial charge in [0.25, 0.3) is 0 Å². The van der Waals surface area contributed by atoms with Crippen LogP contribution >= 0.6 is 0 Å². The minimum atomic E-state index is 0.634. The highest BCUT2D eigenvalue weighted by molar-refractivity contribution is 4.91. The zero-order valence-corrected chi connectivity index (χ0v) is 12.6. The van der Waals surface area contributed by atoms with E-state index >= 15 is 0 Å². The van der Waals surface area contributed by atoms with E-state index in [1.54, 1.807) is 0 Å². The van der Waals surface area contributed by atoms with Gasteiger partial charge in [-0.1, -0.05) is 26.7 Å². The molecule has 1 aliphatic carbocycles. The lowest BCUT2D eigenvalue weighted by atomic mass is 9.85. The number of hydrogen-bond acceptors (Lipinski definition) is 2. The first kappa shape index (κ1) is 14.3. The average Bonchev–Trinajstić information content (AvgIpc) is 2.78. The minimum absolute atomic E-state index is 0.634. The van der Waals surface area contributed by atoms with Crippen molar-refractivity contribution in [1.82, 2.24) is 10.2 Å². The lowest BCUT2D eigenvalue weighted by Gasteiger charge is -2.35. The third kappa shape index (κ3) is 3.71. The van der Waals surface area contributed by atoms with Crippen LogP contribution in [0.4, 0.5) is 0 Å². The molecule has 18 heavy (non-hydrogen) atoms. The van der Waals surface area contributed by atoms with E-state index in [0.29, 0.717) is 6.04 Å². The molecule has 0 radical (unpaired) electrons. The molecule has 2 rings (SSSR count). The number of hydrogen-bond donors (Lipinski definition) is 1. The van der Waals surface area contributed by atoms with E-state index in [1.165, 1.54) is 58.0 Å². The van der Waals surface area contributed by atoms with Gasteiger partial charge in [-0.25, -0.2) is 0 Å². The van der Waals surface area contributed by atoms with Gasteiger partial charge in [0.05, 0.1) is 0 Å². The van der Waals surface area contributed by atoms with Gasteiger partial charge < -0.3 is 5.32 Å². The summed E-state index contributed by atoms with van der Waals surface area (Å²) in [6.45, 7) is 9.47. The highest BCUT2D eigenvalue weighted by Crippen LogP contribution is 2.37. The summed E-state index contributed by atoms with van der Waals surface area (Å²) in [4.78, 5) is 2.83. The Labute approximate surface area is 114 Å². The maximum Gasteiger partial charge on any atom is 0.0127 e. The van der Waals surface area contributed by atoms with E-state index in [0.717, 1.165) is 18.0 Å². The quantitative estimate of drug-likeness (QED) is 0.729. The zero-order valence-electron chi connectivity index (χ0n) is 12.6. The molecule has 2 fully saturated rings. The van der Waals surface area contributed by atoms with Gasteiger partial charge in [0.2, 0.25) is 0 Å². The summed E-state index contributed by atoms with van der Waals surface area (Å²) in [5, 5.41) is 3.53. The van der Waals surface area contributed by atoms with Crippen molar-refractivity contribution in [2.75, 3.05) is 13.1 Å². The van der Waals surface area contributed by atoms with Crippen LogP contribution in [0.1, 0.15) is 65.7 Å². The van der Waals surface area contributed by atoms with E-state index < -0.39 is 0 Å². The summed E-state index contributed by atoms with van der Waals surface area (Å²) in [7, 11) is 0. The van der Waals surface area contributed by atoms with E-state index in [9.17, 15) is 0 Å². The lowest BCUT2D eigenvalue weighted by molar-refractivity contribution is 0.134. The van der Waals surface area contributed by atoms with Gasteiger partial charge in [-0.05, 0) is 58.0 Å². The molecule has 2 aliphatic rings. The summed E-state index contributed by atoms with van der Waals surface area (Å²) < 4.78 is 0. The molecule has 106 valence electrons. The molecule has 0 aromatic rings. The molecule has 0 bridgehead atoms. The van der Waals surface area contributed by atoms with Crippen LogP contribution < -0.4 is 5.32 Å². The van der Waals surface area contributed by atoms with Crippen LogP contribution in [0.25, 0.3) is 0 Å². The van der Waals surface area contributed by atoms with E-state index in [2.05, 4.69) is 31.0 Å². The lowest BCUT2D eigenvalue weighted by Crippen LogP contribution is -2.41. The molecule has 3 atom stereocenters. The second-order valence-electron chi connectivity index (χ2n) is 6.74. The minimum Gasteiger partial charge on any atom is -0.315 e. The molecule has 0 amide bonds. The van der Waals surface area contributed by atoms with Gasteiger partial charge >= 0.3 is 0 Å². The van der Waals surface area contributed by atoms with E-state index in [1.807, 2.05) is 0 Å². The molecule has 2 heteroatoms. The van der Waals surface area contributed by atoms with Crippen LogP contribution in [0.2, 0.25) is 0 Å². The summed E-state index contributed by atoms with van der Waals surface area (Å²) in [6, 6.07) is 2.37. The Hall–Kier alpha value is -0.0800. The number of rotatable bonds is 6. The van der Waals surface area contributed by atoms with Gasteiger partial charge in [-0.15, -0.1) is 0 Å². The Balaban J connectivity index is 1.70. The predicted octanol–water partition coefficient (Wildman–Crippen LogP) is 3.42. The first-order chi connectivity index (χ1) is 8.68. The number of nitrogens with one attached hydrogen (secondary N) is 1. The van der Waals surface area contributed by atoms with Crippen molar-refractivity contribution >= 4 is 0 Å². The fourth-order valence-corrected chi connectivity index (χ4v) is 3.94. The van der Waals surface area contributed by atoms with Crippen LogP contribution in [-0.2, 0) is 0 Å². The third-order valence-corrected chi connectivity index (χ3v) is 4.97. The average molecular weight is 252 g/mol. The van der Waals surface area contributed by atoms with Crippen molar-refractivity contribution in [3.05, 3.63) is 0 Å². The van der Waals surface area contributed by atoms with Crippen LogP contribution in [0.5, 0.6) is 0 Å². The van der Waals surface area contributed by atoms with Crippen molar-refractivity contribution in [3.63, 3.8) is 0 Å². The van der Waals surface area contributed by atoms with Gasteiger partial charge in [-0.2, -0.15) is 0 Å². The molecule has 0 aromatic heterocycles. The molecule has 1 saturated carbocycles. The van der Waals surface area contributed by atoms with Crippen molar-refractivity contribution in [1.29, 1.82) is 0 Å². The number of fused-ring (bicyclic) bond motifs is 1. The van der Waals surface area contributed by atoms with Crippen molar-refractivity contribution in [3.8, 4) is 0 Å². The van der Waals surface area contributed by atoms with Crippen LogP contribution in [-0.4, -0.2) is 36.1 Å². The predicted molar refractivity (Wildman–Crippen MR) is 78.9 cm³/mol. The largest absolute Gasteiger partial charge is 0.315 e. The summed E-state index contributed by atoms with van der Waals surface area (Å²) in [5.41, 5.74) is 0. The van der Waals surface area contributed by atoms with Crippen LogP contribution in [0.15, 0.2) is 0 Å². The molecular weight excluding hydrogens is 220 g/mol. The van der Waals surface area contributed by atoms with Gasteiger partial charge in [-0.3, -0.25) is 4.90 Å². The summed E-state index contributed by atoms with van der Waals surface area (Å²) in [6.07, 6.45) is 10.1. The molecule has 1 saturated heterocycles. The Morgan fingerprint density at radius 3 is 2.67 bits per heavy atom. The fourth-order valence-electron chi connectivity index (χ4n) is 3.94. The van der Waals surface area contributed by atoms with Gasteiger partial charge in [0.1, 0.15) is 0 Å². The van der Waals surface area contributed by atoms with Gasteiger partial charge in [0.15, 0.2) is 0 Å². The topological polar surface area (TPSA) is 15.3 Å². The van der Waals surface area contributed by atoms with Crippen molar-refractivity contribution in [2.24, 2.45) is 5.92 Å². The molecular formula is C16H32N2. The monoisotopic (exact) mass is 252 g/mol. The number of likely N-dealkylation sites (tertiary alicyclic amines) is 1. The highest BCUT2D eigenvalue weighted by atomic mass is 15.2. The smallest absolute Gasteiger partial charge is 0.0127 e. The molecule has 1 aliphatic heterocycles. The maximum atomic E-state index is 3.53. The highest BCUT2D eigenvalue weighted by Gasteiger charge is 2.37. The standard InChI is InChI=1S/C16H32N2/c1-13(2)17-11-6-7-14(3)18-12-10-15-8-4-5-9-16(15)18/h13-17H,4-12H2,1-3H3. The summed E-state index contributed by atoms with van der Waals surface area (Å²) >= 11 is 0. The zero-order chi connectivity index (χ0) is 13.0. The first-order valence-corrected chi connectivity index (χ1v) is 8.17. The molecule has 3 unspecified atom stereocenters. The Kier molecular flexibility index (Phi) is 5.50. The Morgan fingerprint density at radius 1 is 1.11 bits per heavy atom. The van der Waals surface area contributed by atoms with Crippen molar-refractivity contribution in [2.45, 2.75) is 83.8 Å². The van der Waals surface area contributed by atoms with Crippen LogP contribution in [0.3, 0.4) is 0 Å². The summed E-state index contributed by atoms with van der Waals surface area (Å²) in [5.74, 6) is 1.04. The van der Waals surface area contributed by atoms with E-state index in [-0.39, 0.29) is 0 Å². The Morgan fingerprint density at radius 2 is 1.89 bits per heavy atom. The molecule has 2 nitrogen and oxygen atoms in total. The third-order valence-electron chi connectivity index (χ3n) is 4.97. The van der Waals surface area contributed by atoms with Gasteiger partial charge in [0, 0.05) is 18.1 Å². The normalized spacial score (nSPS) is 30.7. The maximum absolute atomic E-state index is 3.53. The Bertz CT molecular complexity index is 239. The fraction of sp³-hybridized carbons (Fsp3) is 1.00. The molecule has 1 N–H and O–H groups in total. The number of nitrogens with zero attached hydrogens (tertiary/aromatic N) is 1. The molecule has 1 heterocycles. The molecule has 0 spiro atoms. The first-order valence-electron chi connectivity index (χ1n) is 8.17. The van der Waals surface area contributed by atoms with Crippen LogP contribution in [0, 0.1) is 5.92 Å². The van der Waals surface area contributed by atoms with Crippen molar-refractivity contribution < 1.29 is 0 Å². The van der Waals surface area contributed by atoms with E-state index in [4.69, 9.17) is 0 Å².